The van der Waals surface area contributed by atoms with Gasteiger partial charge < -0.3 is 20.1 Å². The third-order valence-electron chi connectivity index (χ3n) is 4.47. The van der Waals surface area contributed by atoms with Crippen LogP contribution in [0.25, 0.3) is 0 Å². The first-order valence-corrected chi connectivity index (χ1v) is 8.08. The highest BCUT2D eigenvalue weighted by Gasteiger charge is 2.51. The zero-order valence-electron chi connectivity index (χ0n) is 15.2. The fourth-order valence-electron chi connectivity index (χ4n) is 2.16. The van der Waals surface area contributed by atoms with E-state index in [2.05, 4.69) is 4.98 Å². The van der Waals surface area contributed by atoms with Crippen LogP contribution in [0.15, 0.2) is 42.6 Å². The summed E-state index contributed by atoms with van der Waals surface area (Å²) < 4.78 is 23.9. The van der Waals surface area contributed by atoms with Gasteiger partial charge in [-0.15, -0.1) is 0 Å². The van der Waals surface area contributed by atoms with Gasteiger partial charge in [-0.1, -0.05) is 12.1 Å². The topological polar surface area (TPSA) is 94.7 Å². The summed E-state index contributed by atoms with van der Waals surface area (Å²) in [6.07, 6.45) is 1.44. The molecule has 1 saturated heterocycles. The van der Waals surface area contributed by atoms with Gasteiger partial charge in [-0.25, -0.2) is 14.2 Å². The molecule has 0 aliphatic carbocycles. The standard InChI is InChI=1S/C13H17BO4.C5H5FN2/c1-12(2)13(3,4)18-14(17-12)10-7-5-9(6-8-10)11(15)16;6-4-2-1-3-8-5(4)7/h5-8H,1-4H3,(H,15,16);1-3H,(H2,7,8). The van der Waals surface area contributed by atoms with Gasteiger partial charge in [-0.05, 0) is 57.4 Å². The molecule has 26 heavy (non-hydrogen) atoms. The third kappa shape index (κ3) is 4.39. The van der Waals surface area contributed by atoms with Crippen molar-refractivity contribution in [2.45, 2.75) is 38.9 Å². The Bertz CT molecular complexity index is 744. The third-order valence-corrected chi connectivity index (χ3v) is 4.47. The monoisotopic (exact) mass is 360 g/mol. The number of benzene rings is 1. The summed E-state index contributed by atoms with van der Waals surface area (Å²) in [5.74, 6) is -1.45. The van der Waals surface area contributed by atoms with Gasteiger partial charge in [0, 0.05) is 6.20 Å². The highest BCUT2D eigenvalue weighted by molar-refractivity contribution is 6.62. The maximum absolute atomic E-state index is 12.1. The van der Waals surface area contributed by atoms with E-state index in [9.17, 15) is 9.18 Å². The smallest absolute Gasteiger partial charge is 0.478 e. The molecule has 3 rings (SSSR count). The predicted molar refractivity (Wildman–Crippen MR) is 97.7 cm³/mol. The van der Waals surface area contributed by atoms with Gasteiger partial charge in [0.25, 0.3) is 0 Å². The van der Waals surface area contributed by atoms with Crippen LogP contribution in [-0.4, -0.2) is 34.4 Å². The molecular weight excluding hydrogens is 338 g/mol. The van der Waals surface area contributed by atoms with E-state index in [1.165, 1.54) is 18.3 Å². The molecular formula is C18H22BFN2O4. The number of aromatic nitrogens is 1. The second-order valence-electron chi connectivity index (χ2n) is 6.89. The first kappa shape index (κ1) is 19.9. The van der Waals surface area contributed by atoms with E-state index < -0.39 is 18.9 Å². The lowest BCUT2D eigenvalue weighted by Crippen LogP contribution is -2.41. The van der Waals surface area contributed by atoms with E-state index in [0.29, 0.717) is 0 Å². The number of hydrogen-bond donors (Lipinski definition) is 2. The minimum Gasteiger partial charge on any atom is -0.478 e. The summed E-state index contributed by atoms with van der Waals surface area (Å²) in [5.41, 5.74) is 5.35. The number of pyridine rings is 1. The van der Waals surface area contributed by atoms with Crippen molar-refractivity contribution in [1.29, 1.82) is 0 Å². The number of halogens is 1. The average Bonchev–Trinajstić information content (AvgIpc) is 2.79. The van der Waals surface area contributed by atoms with Gasteiger partial charge >= 0.3 is 13.1 Å². The fraction of sp³-hybridized carbons (Fsp3) is 0.333. The molecule has 1 aromatic carbocycles. The molecule has 0 amide bonds. The molecule has 138 valence electrons. The van der Waals surface area contributed by atoms with Gasteiger partial charge in [0.1, 0.15) is 0 Å². The van der Waals surface area contributed by atoms with Crippen LogP contribution < -0.4 is 11.2 Å². The number of carbonyl (C=O) groups is 1. The lowest BCUT2D eigenvalue weighted by molar-refractivity contribution is 0.00578. The number of nitrogens with two attached hydrogens (primary N) is 1. The van der Waals surface area contributed by atoms with Gasteiger partial charge in [-0.3, -0.25) is 0 Å². The molecule has 0 saturated carbocycles. The van der Waals surface area contributed by atoms with E-state index >= 15 is 0 Å². The van der Waals surface area contributed by atoms with Crippen molar-refractivity contribution >= 4 is 24.4 Å². The van der Waals surface area contributed by atoms with Crippen molar-refractivity contribution in [2.24, 2.45) is 0 Å². The van der Waals surface area contributed by atoms with Crippen LogP contribution in [0.1, 0.15) is 38.1 Å². The molecule has 0 atom stereocenters. The fourth-order valence-corrected chi connectivity index (χ4v) is 2.16. The quantitative estimate of drug-likeness (QED) is 0.799. The molecule has 1 fully saturated rings. The molecule has 1 aromatic heterocycles. The summed E-state index contributed by atoms with van der Waals surface area (Å²) in [6.45, 7) is 7.94. The number of rotatable bonds is 2. The minimum absolute atomic E-state index is 0.0486. The zero-order chi connectivity index (χ0) is 19.5. The van der Waals surface area contributed by atoms with E-state index in [-0.39, 0.29) is 22.6 Å². The molecule has 3 N–H and O–H groups in total. The Kier molecular flexibility index (Phi) is 5.68. The molecule has 0 bridgehead atoms. The van der Waals surface area contributed by atoms with Crippen molar-refractivity contribution < 1.29 is 23.6 Å². The van der Waals surface area contributed by atoms with Crippen molar-refractivity contribution in [3.63, 3.8) is 0 Å². The van der Waals surface area contributed by atoms with Crippen LogP contribution in [0, 0.1) is 5.82 Å². The first-order valence-electron chi connectivity index (χ1n) is 8.08. The predicted octanol–water partition coefficient (Wildman–Crippen LogP) is 2.49. The van der Waals surface area contributed by atoms with Crippen molar-refractivity contribution in [1.82, 2.24) is 4.98 Å². The van der Waals surface area contributed by atoms with E-state index in [1.807, 2.05) is 27.7 Å². The highest BCUT2D eigenvalue weighted by Crippen LogP contribution is 2.36. The number of nitrogen functional groups attached to an aromatic ring is 1. The Morgan fingerprint density at radius 2 is 1.65 bits per heavy atom. The van der Waals surface area contributed by atoms with Gasteiger partial charge in [0.05, 0.1) is 16.8 Å². The highest BCUT2D eigenvalue weighted by atomic mass is 19.1. The van der Waals surface area contributed by atoms with E-state index in [4.69, 9.17) is 20.1 Å². The Hall–Kier alpha value is -2.45. The SMILES string of the molecule is CC1(C)OB(c2ccc(C(=O)O)cc2)OC1(C)C.Nc1ncccc1F. The van der Waals surface area contributed by atoms with Gasteiger partial charge in [-0.2, -0.15) is 0 Å². The number of hydrogen-bond acceptors (Lipinski definition) is 5. The second kappa shape index (κ2) is 7.43. The number of carboxylic acid groups (broad SMARTS) is 1. The summed E-state index contributed by atoms with van der Waals surface area (Å²) in [7, 11) is -0.446. The molecule has 8 heteroatoms. The molecule has 6 nitrogen and oxygen atoms in total. The molecule has 2 aromatic rings. The van der Waals surface area contributed by atoms with Crippen molar-refractivity contribution in [3.05, 3.63) is 54.0 Å². The maximum atomic E-state index is 12.1. The summed E-state index contributed by atoms with van der Waals surface area (Å²) in [6, 6.07) is 9.33. The summed E-state index contributed by atoms with van der Waals surface area (Å²) in [5, 5.41) is 8.84. The zero-order valence-corrected chi connectivity index (χ0v) is 15.2. The van der Waals surface area contributed by atoms with Crippen LogP contribution in [0.2, 0.25) is 0 Å². The minimum atomic E-state index is -0.935. The molecule has 2 heterocycles. The van der Waals surface area contributed by atoms with Gasteiger partial charge in [0.2, 0.25) is 0 Å². The van der Waals surface area contributed by atoms with Crippen LogP contribution in [0.3, 0.4) is 0 Å². The molecule has 1 aliphatic rings. The van der Waals surface area contributed by atoms with E-state index in [0.717, 1.165) is 5.46 Å². The van der Waals surface area contributed by atoms with Crippen molar-refractivity contribution in [3.8, 4) is 0 Å². The van der Waals surface area contributed by atoms with Crippen LogP contribution >= 0.6 is 0 Å². The Labute approximate surface area is 152 Å². The number of carboxylic acids is 1. The average molecular weight is 360 g/mol. The number of nitrogens with zero attached hydrogens (tertiary/aromatic N) is 1. The maximum Gasteiger partial charge on any atom is 0.494 e. The van der Waals surface area contributed by atoms with E-state index in [1.54, 1.807) is 24.3 Å². The lowest BCUT2D eigenvalue weighted by atomic mass is 9.79. The summed E-state index contributed by atoms with van der Waals surface area (Å²) >= 11 is 0. The first-order chi connectivity index (χ1) is 12.0. The second-order valence-corrected chi connectivity index (χ2v) is 6.89. The number of aromatic carboxylic acids is 1. The van der Waals surface area contributed by atoms with Crippen LogP contribution in [0.4, 0.5) is 10.2 Å². The van der Waals surface area contributed by atoms with Crippen LogP contribution in [-0.2, 0) is 9.31 Å². The Morgan fingerprint density at radius 3 is 2.04 bits per heavy atom. The molecule has 1 aliphatic heterocycles. The molecule has 0 spiro atoms. The van der Waals surface area contributed by atoms with Gasteiger partial charge in [0.15, 0.2) is 11.6 Å². The molecule has 0 radical (unpaired) electrons. The number of anilines is 1. The Balaban J connectivity index is 0.000000254. The lowest BCUT2D eigenvalue weighted by Gasteiger charge is -2.32. The largest absolute Gasteiger partial charge is 0.494 e. The molecule has 0 unspecified atom stereocenters. The normalized spacial score (nSPS) is 17.3. The summed E-state index contributed by atoms with van der Waals surface area (Å²) in [4.78, 5) is 14.3. The Morgan fingerprint density at radius 1 is 1.12 bits per heavy atom. The van der Waals surface area contributed by atoms with Crippen LogP contribution in [0.5, 0.6) is 0 Å². The van der Waals surface area contributed by atoms with Crippen molar-refractivity contribution in [2.75, 3.05) is 5.73 Å².